The number of hydrogen-bond donors (Lipinski definition) is 0. The van der Waals surface area contributed by atoms with E-state index in [0.29, 0.717) is 0 Å². The Morgan fingerprint density at radius 3 is 2.00 bits per heavy atom. The van der Waals surface area contributed by atoms with Crippen LogP contribution in [0.15, 0.2) is 120 Å². The predicted octanol–water partition coefficient (Wildman–Crippen LogP) is 6.62. The molecule has 0 aliphatic heterocycles. The quantitative estimate of drug-likeness (QED) is 0.466. The molecule has 3 aliphatic rings. The SMILES string of the molecule is N#CC12C=CC=CC3=C1[C@H](c1ccccc1)C[C@@H](c1ccccc1)C3(C#N)c1ccccc12. The Morgan fingerprint density at radius 2 is 1.33 bits per heavy atom. The summed E-state index contributed by atoms with van der Waals surface area (Å²) in [5.41, 5.74) is 4.58. The lowest BCUT2D eigenvalue weighted by atomic mass is 9.46. The van der Waals surface area contributed by atoms with Crippen LogP contribution in [0.4, 0.5) is 0 Å². The Morgan fingerprint density at radius 1 is 0.697 bits per heavy atom. The molecule has 33 heavy (non-hydrogen) atoms. The topological polar surface area (TPSA) is 47.6 Å². The van der Waals surface area contributed by atoms with Crippen LogP contribution in [-0.4, -0.2) is 0 Å². The first-order valence-electron chi connectivity index (χ1n) is 11.4. The minimum absolute atomic E-state index is 0.0340. The van der Waals surface area contributed by atoms with Gasteiger partial charge in [0.25, 0.3) is 0 Å². The molecule has 2 heteroatoms. The van der Waals surface area contributed by atoms with E-state index < -0.39 is 10.8 Å². The number of fused-ring (bicyclic) bond motifs is 3. The number of rotatable bonds is 2. The summed E-state index contributed by atoms with van der Waals surface area (Å²) < 4.78 is 0. The van der Waals surface area contributed by atoms with E-state index in [1.165, 1.54) is 5.56 Å². The fraction of sp³-hybridized carbons (Fsp3) is 0.161. The maximum Gasteiger partial charge on any atom is 0.123 e. The molecule has 2 unspecified atom stereocenters. The fourth-order valence-corrected chi connectivity index (χ4v) is 6.42. The van der Waals surface area contributed by atoms with Crippen molar-refractivity contribution in [1.29, 1.82) is 10.5 Å². The lowest BCUT2D eigenvalue weighted by molar-refractivity contribution is 0.378. The summed E-state index contributed by atoms with van der Waals surface area (Å²) in [4.78, 5) is 0. The second-order valence-electron chi connectivity index (χ2n) is 9.09. The molecule has 0 fully saturated rings. The molecular weight excluding hydrogens is 400 g/mol. The van der Waals surface area contributed by atoms with Crippen molar-refractivity contribution in [2.45, 2.75) is 29.1 Å². The number of hydrogen-bond acceptors (Lipinski definition) is 2. The molecule has 2 nitrogen and oxygen atoms in total. The highest BCUT2D eigenvalue weighted by Gasteiger charge is 2.60. The maximum atomic E-state index is 11.0. The predicted molar refractivity (Wildman–Crippen MR) is 129 cm³/mol. The van der Waals surface area contributed by atoms with Crippen molar-refractivity contribution in [2.24, 2.45) is 0 Å². The van der Waals surface area contributed by atoms with E-state index in [4.69, 9.17) is 0 Å². The smallest absolute Gasteiger partial charge is 0.123 e. The molecule has 0 saturated carbocycles. The van der Waals surface area contributed by atoms with Gasteiger partial charge in [-0.05, 0) is 39.8 Å². The largest absolute Gasteiger partial charge is 0.197 e. The fourth-order valence-electron chi connectivity index (χ4n) is 6.42. The van der Waals surface area contributed by atoms with Gasteiger partial charge >= 0.3 is 0 Å². The van der Waals surface area contributed by atoms with Crippen LogP contribution < -0.4 is 0 Å². The van der Waals surface area contributed by atoms with E-state index in [1.54, 1.807) is 0 Å². The van der Waals surface area contributed by atoms with Crippen LogP contribution in [0.25, 0.3) is 0 Å². The van der Waals surface area contributed by atoms with Crippen molar-refractivity contribution in [3.63, 3.8) is 0 Å². The van der Waals surface area contributed by atoms with E-state index >= 15 is 0 Å². The summed E-state index contributed by atoms with van der Waals surface area (Å²) in [7, 11) is 0. The molecule has 4 bridgehead atoms. The Bertz CT molecular complexity index is 1410. The van der Waals surface area contributed by atoms with Gasteiger partial charge in [-0.25, -0.2) is 0 Å². The van der Waals surface area contributed by atoms with Crippen molar-refractivity contribution >= 4 is 0 Å². The van der Waals surface area contributed by atoms with E-state index in [-0.39, 0.29) is 11.8 Å². The van der Waals surface area contributed by atoms with Crippen LogP contribution in [0.5, 0.6) is 0 Å². The van der Waals surface area contributed by atoms with Crippen LogP contribution in [0, 0.1) is 22.7 Å². The van der Waals surface area contributed by atoms with Gasteiger partial charge in [0.2, 0.25) is 0 Å². The first-order chi connectivity index (χ1) is 16.3. The van der Waals surface area contributed by atoms with Crippen molar-refractivity contribution in [3.8, 4) is 12.1 Å². The first-order valence-corrected chi connectivity index (χ1v) is 11.4. The van der Waals surface area contributed by atoms with Gasteiger partial charge < -0.3 is 0 Å². The van der Waals surface area contributed by atoms with Crippen molar-refractivity contribution in [2.75, 3.05) is 0 Å². The van der Waals surface area contributed by atoms with E-state index in [2.05, 4.69) is 72.8 Å². The minimum Gasteiger partial charge on any atom is -0.197 e. The zero-order valence-corrected chi connectivity index (χ0v) is 18.1. The summed E-state index contributed by atoms with van der Waals surface area (Å²) in [6, 6.07) is 34.5. The number of nitrogens with zero attached hydrogens (tertiary/aromatic N) is 2. The normalized spacial score (nSPS) is 28.9. The van der Waals surface area contributed by atoms with Crippen LogP contribution in [-0.2, 0) is 10.8 Å². The Labute approximate surface area is 194 Å². The van der Waals surface area contributed by atoms with Gasteiger partial charge in [-0.15, -0.1) is 0 Å². The van der Waals surface area contributed by atoms with Crippen molar-refractivity contribution in [3.05, 3.63) is 143 Å². The second kappa shape index (κ2) is 7.19. The van der Waals surface area contributed by atoms with Crippen LogP contribution in [0.3, 0.4) is 0 Å². The van der Waals surface area contributed by atoms with E-state index in [0.717, 1.165) is 34.3 Å². The zero-order valence-electron chi connectivity index (χ0n) is 18.1. The summed E-state index contributed by atoms with van der Waals surface area (Å²) in [5.74, 6) is 0.00142. The lowest BCUT2D eigenvalue weighted by Crippen LogP contribution is -2.49. The minimum atomic E-state index is -0.891. The highest BCUT2D eigenvalue weighted by atomic mass is 14.6. The summed E-state index contributed by atoms with van der Waals surface area (Å²) in [5, 5.41) is 21.7. The third-order valence-electron chi connectivity index (χ3n) is 7.74. The molecule has 0 spiro atoms. The monoisotopic (exact) mass is 422 g/mol. The van der Waals surface area contributed by atoms with Gasteiger partial charge in [-0.3, -0.25) is 0 Å². The van der Waals surface area contributed by atoms with Crippen molar-refractivity contribution in [1.82, 2.24) is 0 Å². The summed E-state index contributed by atoms with van der Waals surface area (Å²) >= 11 is 0. The number of nitriles is 2. The van der Waals surface area contributed by atoms with E-state index in [1.807, 2.05) is 48.6 Å². The average molecular weight is 423 g/mol. The van der Waals surface area contributed by atoms with Gasteiger partial charge in [-0.1, -0.05) is 109 Å². The third kappa shape index (κ3) is 2.47. The molecule has 4 atom stereocenters. The van der Waals surface area contributed by atoms with Crippen LogP contribution >= 0.6 is 0 Å². The number of allylic oxidation sites excluding steroid dienone is 6. The van der Waals surface area contributed by atoms with Gasteiger partial charge in [-0.2, -0.15) is 10.5 Å². The highest BCUT2D eigenvalue weighted by Crippen LogP contribution is 2.65. The summed E-state index contributed by atoms with van der Waals surface area (Å²) in [6.45, 7) is 0. The standard InChI is InChI=1S/C31H22N2/c32-20-30-18-10-9-17-27-29(30)24(22-11-3-1-4-12-22)19-28(23-13-5-2-6-14-23)31(27,21-33)26-16-8-7-15-25(26)30/h1-18,24,28H,19H2/t24-,28-,30?,31?/m0/s1. The molecular formula is C31H22N2. The Balaban J connectivity index is 1.78. The second-order valence-corrected chi connectivity index (χ2v) is 9.09. The summed E-state index contributed by atoms with van der Waals surface area (Å²) in [6.07, 6.45) is 8.88. The van der Waals surface area contributed by atoms with Gasteiger partial charge in [0.15, 0.2) is 0 Å². The molecule has 156 valence electrons. The Kier molecular flexibility index (Phi) is 4.26. The molecule has 3 aromatic carbocycles. The molecule has 0 heterocycles. The van der Waals surface area contributed by atoms with Gasteiger partial charge in [0.1, 0.15) is 10.8 Å². The maximum absolute atomic E-state index is 11.0. The molecule has 0 aromatic heterocycles. The molecule has 0 saturated heterocycles. The first kappa shape index (κ1) is 19.5. The molecule has 3 aliphatic carbocycles. The number of benzene rings is 3. The van der Waals surface area contributed by atoms with Crippen LogP contribution in [0.2, 0.25) is 0 Å². The molecule has 0 radical (unpaired) electrons. The highest BCUT2D eigenvalue weighted by molar-refractivity contribution is 5.73. The molecule has 0 amide bonds. The molecule has 0 N–H and O–H groups in total. The average Bonchev–Trinajstić information content (AvgIpc) is 3.06. The third-order valence-corrected chi connectivity index (χ3v) is 7.74. The van der Waals surface area contributed by atoms with E-state index in [9.17, 15) is 10.5 Å². The Hall–Kier alpha value is -4.14. The van der Waals surface area contributed by atoms with Crippen LogP contribution in [0.1, 0.15) is 40.5 Å². The zero-order chi connectivity index (χ0) is 22.5. The molecule has 6 rings (SSSR count). The molecule has 3 aromatic rings. The van der Waals surface area contributed by atoms with Crippen molar-refractivity contribution < 1.29 is 0 Å². The van der Waals surface area contributed by atoms with Gasteiger partial charge in [0, 0.05) is 11.8 Å². The lowest BCUT2D eigenvalue weighted by Gasteiger charge is -2.53. The van der Waals surface area contributed by atoms with Gasteiger partial charge in [0.05, 0.1) is 12.1 Å².